The Hall–Kier alpha value is -1.88. The lowest BCUT2D eigenvalue weighted by molar-refractivity contribution is -0.269. The molecule has 0 spiro atoms. The number of hydrogen-bond acceptors (Lipinski definition) is 5. The summed E-state index contributed by atoms with van der Waals surface area (Å²) in [6, 6.07) is 3.67. The number of aromatic nitrogens is 2. The standard InChI is InChI=1S/C18H15Cl2F3N4O2S/c1-9-14(16(28)24-13-7-30-8-13)6-27(25-9)15-5-17(29-26-15,18(21,22)23)10-2-11(19)4-12(20)3-10/h2-6,13,26H,7-8H2,1H3,(H,24,28). The highest BCUT2D eigenvalue weighted by Crippen LogP contribution is 2.47. The Morgan fingerprint density at radius 1 is 1.33 bits per heavy atom. The number of aryl methyl sites for hydroxylation is 1. The first-order valence-corrected chi connectivity index (χ1v) is 10.7. The lowest BCUT2D eigenvalue weighted by atomic mass is 9.93. The van der Waals surface area contributed by atoms with Crippen molar-refractivity contribution in [1.82, 2.24) is 20.6 Å². The molecule has 1 unspecified atom stereocenters. The molecule has 4 rings (SSSR count). The van der Waals surface area contributed by atoms with Crippen LogP contribution in [0.4, 0.5) is 13.2 Å². The number of thioether (sulfide) groups is 1. The molecule has 0 aliphatic carbocycles. The van der Waals surface area contributed by atoms with Crippen molar-refractivity contribution in [2.75, 3.05) is 11.5 Å². The average molecular weight is 479 g/mol. The summed E-state index contributed by atoms with van der Waals surface area (Å²) in [6.45, 7) is 1.60. The molecule has 1 amide bonds. The Bertz CT molecular complexity index is 1020. The molecule has 2 aliphatic rings. The lowest BCUT2D eigenvalue weighted by Gasteiger charge is -2.28. The maximum Gasteiger partial charge on any atom is 0.428 e. The van der Waals surface area contributed by atoms with Gasteiger partial charge in [0.15, 0.2) is 5.82 Å². The van der Waals surface area contributed by atoms with Gasteiger partial charge < -0.3 is 5.32 Å². The first-order valence-electron chi connectivity index (χ1n) is 8.74. The van der Waals surface area contributed by atoms with Crippen molar-refractivity contribution in [1.29, 1.82) is 0 Å². The van der Waals surface area contributed by atoms with Crippen LogP contribution in [0, 0.1) is 6.92 Å². The molecule has 1 fully saturated rings. The van der Waals surface area contributed by atoms with E-state index in [2.05, 4.69) is 15.9 Å². The smallest absolute Gasteiger partial charge is 0.348 e. The fraction of sp³-hybridized carbons (Fsp3) is 0.333. The molecule has 0 bridgehead atoms. The van der Waals surface area contributed by atoms with E-state index in [1.807, 2.05) is 0 Å². The van der Waals surface area contributed by atoms with E-state index in [4.69, 9.17) is 28.0 Å². The predicted octanol–water partition coefficient (Wildman–Crippen LogP) is 4.13. The molecule has 0 radical (unpaired) electrons. The average Bonchev–Trinajstić information content (AvgIpc) is 3.21. The molecule has 3 heterocycles. The fourth-order valence-corrected chi connectivity index (χ4v) is 4.26. The molecular formula is C18H15Cl2F3N4O2S. The second kappa shape index (κ2) is 7.67. The number of benzene rings is 1. The number of alkyl halides is 3. The quantitative estimate of drug-likeness (QED) is 0.691. The summed E-state index contributed by atoms with van der Waals surface area (Å²) in [5, 5.41) is 7.10. The van der Waals surface area contributed by atoms with Crippen molar-refractivity contribution in [2.45, 2.75) is 24.7 Å². The molecule has 160 valence electrons. The normalized spacial score (nSPS) is 21.7. The van der Waals surface area contributed by atoms with Gasteiger partial charge in [-0.05, 0) is 25.1 Å². The highest BCUT2D eigenvalue weighted by atomic mass is 35.5. The van der Waals surface area contributed by atoms with Crippen molar-refractivity contribution in [3.63, 3.8) is 0 Å². The predicted molar refractivity (Wildman–Crippen MR) is 108 cm³/mol. The van der Waals surface area contributed by atoms with E-state index in [-0.39, 0.29) is 38.9 Å². The number of hydroxylamine groups is 1. The first-order chi connectivity index (χ1) is 14.1. The molecule has 0 saturated carbocycles. The minimum absolute atomic E-state index is 0.0367. The Morgan fingerprint density at radius 3 is 2.57 bits per heavy atom. The van der Waals surface area contributed by atoms with Crippen LogP contribution >= 0.6 is 35.0 Å². The number of hydrogen-bond donors (Lipinski definition) is 2. The van der Waals surface area contributed by atoms with Gasteiger partial charge in [-0.15, -0.1) is 0 Å². The third-order valence-corrected chi connectivity index (χ3v) is 6.45. The molecule has 1 saturated heterocycles. The van der Waals surface area contributed by atoms with Gasteiger partial charge in [0.2, 0.25) is 5.60 Å². The molecule has 2 N–H and O–H groups in total. The van der Waals surface area contributed by atoms with E-state index in [1.165, 1.54) is 12.3 Å². The third-order valence-electron chi connectivity index (χ3n) is 4.73. The van der Waals surface area contributed by atoms with Crippen molar-refractivity contribution in [3.8, 4) is 0 Å². The number of nitrogens with one attached hydrogen (secondary N) is 2. The van der Waals surface area contributed by atoms with E-state index in [0.29, 0.717) is 5.69 Å². The Labute approximate surface area is 183 Å². The summed E-state index contributed by atoms with van der Waals surface area (Å²) in [6.07, 6.45) is -2.64. The minimum Gasteiger partial charge on any atom is -0.348 e. The van der Waals surface area contributed by atoms with Gasteiger partial charge in [-0.1, -0.05) is 23.2 Å². The van der Waals surface area contributed by atoms with E-state index < -0.39 is 11.8 Å². The Morgan fingerprint density at radius 2 is 2.00 bits per heavy atom. The van der Waals surface area contributed by atoms with Crippen LogP contribution in [0.1, 0.15) is 21.6 Å². The molecule has 30 heavy (non-hydrogen) atoms. The maximum atomic E-state index is 14.1. The molecule has 1 atom stereocenters. The van der Waals surface area contributed by atoms with Gasteiger partial charge in [-0.2, -0.15) is 30.0 Å². The van der Waals surface area contributed by atoms with Crippen LogP contribution in [-0.2, 0) is 10.4 Å². The summed E-state index contributed by atoms with van der Waals surface area (Å²) >= 11 is 13.5. The number of halogens is 5. The number of rotatable bonds is 4. The summed E-state index contributed by atoms with van der Waals surface area (Å²) in [5.41, 5.74) is -0.211. The third kappa shape index (κ3) is 3.77. The maximum absolute atomic E-state index is 14.1. The second-order valence-corrected chi connectivity index (χ2v) is 8.85. The summed E-state index contributed by atoms with van der Waals surface area (Å²) in [5.74, 6) is 1.24. The van der Waals surface area contributed by atoms with E-state index in [1.54, 1.807) is 18.7 Å². The topological polar surface area (TPSA) is 68.2 Å². The van der Waals surface area contributed by atoms with Gasteiger partial charge in [-0.25, -0.2) is 15.0 Å². The highest BCUT2D eigenvalue weighted by Gasteiger charge is 2.60. The largest absolute Gasteiger partial charge is 0.428 e. The molecule has 2 aromatic rings. The van der Waals surface area contributed by atoms with Gasteiger partial charge in [-0.3, -0.25) is 4.79 Å². The van der Waals surface area contributed by atoms with Crippen LogP contribution < -0.4 is 10.8 Å². The van der Waals surface area contributed by atoms with Crippen LogP contribution in [0.2, 0.25) is 10.0 Å². The van der Waals surface area contributed by atoms with Gasteiger partial charge in [0.05, 0.1) is 11.3 Å². The van der Waals surface area contributed by atoms with Crippen molar-refractivity contribution in [3.05, 3.63) is 57.3 Å². The first kappa shape index (κ1) is 21.4. The molecule has 12 heteroatoms. The molecule has 6 nitrogen and oxygen atoms in total. The number of nitrogens with zero attached hydrogens (tertiary/aromatic N) is 2. The lowest BCUT2D eigenvalue weighted by Crippen LogP contribution is -2.43. The van der Waals surface area contributed by atoms with Gasteiger partial charge in [0.1, 0.15) is 0 Å². The molecular weight excluding hydrogens is 464 g/mol. The van der Waals surface area contributed by atoms with Crippen molar-refractivity contribution >= 4 is 46.7 Å². The number of carbonyl (C=O) groups excluding carboxylic acids is 1. The van der Waals surface area contributed by atoms with Crippen molar-refractivity contribution < 1.29 is 22.8 Å². The zero-order valence-corrected chi connectivity index (χ0v) is 17.7. The SMILES string of the molecule is Cc1nn(C2=CC(c3cc(Cl)cc(Cl)c3)(C(F)(F)F)ON2)cc1C(=O)NC1CSC1. The summed E-state index contributed by atoms with van der Waals surface area (Å²) in [4.78, 5) is 17.4. The zero-order valence-electron chi connectivity index (χ0n) is 15.4. The van der Waals surface area contributed by atoms with E-state index >= 15 is 0 Å². The van der Waals surface area contributed by atoms with Gasteiger partial charge in [0.25, 0.3) is 5.91 Å². The second-order valence-electron chi connectivity index (χ2n) is 6.91. The molecule has 2 aliphatic heterocycles. The van der Waals surface area contributed by atoms with Crippen LogP contribution in [0.15, 0.2) is 30.5 Å². The van der Waals surface area contributed by atoms with Crippen LogP contribution in [0.25, 0.3) is 5.82 Å². The Kier molecular flexibility index (Phi) is 5.46. The fourth-order valence-electron chi connectivity index (χ4n) is 3.10. The molecule has 1 aromatic heterocycles. The van der Waals surface area contributed by atoms with Gasteiger partial charge in [0, 0.05) is 45.4 Å². The highest BCUT2D eigenvalue weighted by molar-refractivity contribution is 8.00. The van der Waals surface area contributed by atoms with Gasteiger partial charge >= 0.3 is 6.18 Å². The monoisotopic (exact) mass is 478 g/mol. The molecule has 1 aromatic carbocycles. The number of amides is 1. The summed E-state index contributed by atoms with van der Waals surface area (Å²) < 4.78 is 43.3. The number of carbonyl (C=O) groups is 1. The summed E-state index contributed by atoms with van der Waals surface area (Å²) in [7, 11) is 0. The van der Waals surface area contributed by atoms with E-state index in [0.717, 1.165) is 34.4 Å². The van der Waals surface area contributed by atoms with E-state index in [9.17, 15) is 18.0 Å². The van der Waals surface area contributed by atoms with Crippen LogP contribution in [-0.4, -0.2) is 39.4 Å². The van der Waals surface area contributed by atoms with Crippen LogP contribution in [0.3, 0.4) is 0 Å². The van der Waals surface area contributed by atoms with Crippen molar-refractivity contribution in [2.24, 2.45) is 0 Å². The minimum atomic E-state index is -4.83. The zero-order chi connectivity index (χ0) is 21.7. The van der Waals surface area contributed by atoms with Crippen LogP contribution in [0.5, 0.6) is 0 Å². The Balaban J connectivity index is 1.70.